The van der Waals surface area contributed by atoms with E-state index in [4.69, 9.17) is 16.6 Å². The highest BCUT2D eigenvalue weighted by Crippen LogP contribution is 2.28. The van der Waals surface area contributed by atoms with Gasteiger partial charge >= 0.3 is 0 Å². The fourth-order valence-electron chi connectivity index (χ4n) is 2.81. The van der Waals surface area contributed by atoms with Gasteiger partial charge in [0.15, 0.2) is 11.0 Å². The maximum absolute atomic E-state index is 12.9. The molecule has 136 valence electrons. The number of hydrogen-bond acceptors (Lipinski definition) is 4. The Labute approximate surface area is 164 Å². The summed E-state index contributed by atoms with van der Waals surface area (Å²) in [6, 6.07) is 15.8. The van der Waals surface area contributed by atoms with Gasteiger partial charge in [-0.15, -0.1) is 0 Å². The van der Waals surface area contributed by atoms with Crippen molar-refractivity contribution in [2.45, 2.75) is 32.7 Å². The van der Waals surface area contributed by atoms with Crippen molar-refractivity contribution in [3.8, 4) is 0 Å². The number of carbonyl (C=O) groups excluding carboxylic acids is 1. The van der Waals surface area contributed by atoms with Crippen LogP contribution in [0.4, 0.5) is 5.69 Å². The summed E-state index contributed by atoms with van der Waals surface area (Å²) in [6.45, 7) is 4.53. The number of amidine groups is 1. The summed E-state index contributed by atoms with van der Waals surface area (Å²) in [6.07, 6.45) is 1.98. The van der Waals surface area contributed by atoms with Crippen molar-refractivity contribution < 1.29 is 4.79 Å². The summed E-state index contributed by atoms with van der Waals surface area (Å²) >= 11 is 7.75. The Balaban J connectivity index is 1.85. The van der Waals surface area contributed by atoms with Crippen molar-refractivity contribution in [1.82, 2.24) is 0 Å². The fourth-order valence-corrected chi connectivity index (χ4v) is 4.14. The maximum atomic E-state index is 12.9. The summed E-state index contributed by atoms with van der Waals surface area (Å²) in [5.41, 5.74) is 2.91. The highest BCUT2D eigenvalue weighted by Gasteiger charge is 2.25. The number of hydrogen-bond donors (Lipinski definition) is 0. The van der Waals surface area contributed by atoms with Gasteiger partial charge in [-0.2, -0.15) is 0 Å². The summed E-state index contributed by atoms with van der Waals surface area (Å²) in [4.78, 5) is 19.7. The lowest BCUT2D eigenvalue weighted by molar-refractivity contribution is 0.100. The molecule has 1 aliphatic rings. The van der Waals surface area contributed by atoms with Gasteiger partial charge in [0.1, 0.15) is 0 Å². The molecule has 0 aromatic heterocycles. The van der Waals surface area contributed by atoms with Crippen LogP contribution in [0.1, 0.15) is 36.2 Å². The molecule has 2 aromatic rings. The molecule has 0 radical (unpaired) electrons. The van der Waals surface area contributed by atoms with Gasteiger partial charge in [0.2, 0.25) is 0 Å². The molecule has 0 saturated carbocycles. The molecule has 5 heteroatoms. The third-order valence-corrected chi connectivity index (χ3v) is 5.91. The fraction of sp³-hybridized carbons (Fsp3) is 0.333. The number of anilines is 1. The minimum absolute atomic E-state index is 0.0888. The van der Waals surface area contributed by atoms with E-state index in [-0.39, 0.29) is 12.3 Å². The zero-order chi connectivity index (χ0) is 18.5. The molecule has 3 nitrogen and oxygen atoms in total. The molecule has 26 heavy (non-hydrogen) atoms. The number of benzene rings is 2. The van der Waals surface area contributed by atoms with Crippen LogP contribution in [0, 0.1) is 0 Å². The van der Waals surface area contributed by atoms with Crippen LogP contribution in [0.3, 0.4) is 0 Å². The second-order valence-electron chi connectivity index (χ2n) is 6.32. The first-order valence-corrected chi connectivity index (χ1v) is 10.3. The number of thioether (sulfide) groups is 1. The summed E-state index contributed by atoms with van der Waals surface area (Å²) in [5, 5.41) is 1.60. The number of aliphatic imine (C=N–C) groups is 1. The molecule has 3 rings (SSSR count). The van der Waals surface area contributed by atoms with Crippen molar-refractivity contribution in [3.05, 3.63) is 64.7 Å². The van der Waals surface area contributed by atoms with E-state index in [0.717, 1.165) is 35.0 Å². The van der Waals surface area contributed by atoms with E-state index < -0.39 is 0 Å². The average Bonchev–Trinajstić information content (AvgIpc) is 3.16. The molecule has 0 aliphatic carbocycles. The number of halogens is 1. The Morgan fingerprint density at radius 3 is 2.42 bits per heavy atom. The third kappa shape index (κ3) is 4.49. The van der Waals surface area contributed by atoms with E-state index in [2.05, 4.69) is 13.8 Å². The smallest absolute Gasteiger partial charge is 0.182 e. The maximum Gasteiger partial charge on any atom is 0.182 e. The van der Waals surface area contributed by atoms with Gasteiger partial charge in [-0.3, -0.25) is 9.79 Å². The number of aryl methyl sites for hydroxylation is 1. The van der Waals surface area contributed by atoms with E-state index in [1.54, 1.807) is 11.8 Å². The van der Waals surface area contributed by atoms with Crippen LogP contribution in [0.2, 0.25) is 5.02 Å². The number of ketones is 1. The van der Waals surface area contributed by atoms with E-state index >= 15 is 0 Å². The summed E-state index contributed by atoms with van der Waals surface area (Å²) in [5.74, 6) is 1.06. The largest absolute Gasteiger partial charge is 0.313 e. The minimum atomic E-state index is 0.0888. The van der Waals surface area contributed by atoms with Gasteiger partial charge in [0.25, 0.3) is 0 Å². The van der Waals surface area contributed by atoms with Crippen molar-refractivity contribution in [2.75, 3.05) is 17.2 Å². The van der Waals surface area contributed by atoms with Gasteiger partial charge in [0.05, 0.1) is 12.6 Å². The van der Waals surface area contributed by atoms with Crippen molar-refractivity contribution in [2.24, 2.45) is 4.99 Å². The Morgan fingerprint density at radius 2 is 1.85 bits per heavy atom. The van der Waals surface area contributed by atoms with E-state index in [0.29, 0.717) is 11.1 Å². The Morgan fingerprint density at radius 1 is 1.15 bits per heavy atom. The topological polar surface area (TPSA) is 32.7 Å². The normalized spacial score (nSPS) is 16.4. The number of Topliss-reactive ketones (excluding diaryl/α,β-unsaturated/α-hetero) is 1. The Kier molecular flexibility index (Phi) is 6.38. The molecule has 1 atom stereocenters. The second-order valence-corrected chi connectivity index (χ2v) is 7.74. The van der Waals surface area contributed by atoms with Crippen LogP contribution >= 0.6 is 23.4 Å². The molecule has 1 aliphatic heterocycles. The standard InChI is InChI=1S/C21H23ClN2OS/c1-3-15-5-7-16(8-6-15)20(25)13-24(19-11-9-17(22)10-12-19)21-23-18(4-2)14-26-21/h5-12,18H,3-4,13-14H2,1-2H3/t18-/m1/s1. The highest BCUT2D eigenvalue weighted by atomic mass is 35.5. The predicted octanol–water partition coefficient (Wildman–Crippen LogP) is 5.47. The summed E-state index contributed by atoms with van der Waals surface area (Å²) < 4.78 is 0. The Bertz CT molecular complexity index is 787. The van der Waals surface area contributed by atoms with Crippen LogP contribution in [0.15, 0.2) is 53.5 Å². The van der Waals surface area contributed by atoms with Crippen LogP contribution in [0.25, 0.3) is 0 Å². The van der Waals surface area contributed by atoms with E-state index in [1.807, 2.05) is 53.4 Å². The predicted molar refractivity (Wildman–Crippen MR) is 113 cm³/mol. The van der Waals surface area contributed by atoms with Crippen LogP contribution in [-0.4, -0.2) is 29.3 Å². The van der Waals surface area contributed by atoms with Crippen molar-refractivity contribution >= 4 is 40.0 Å². The number of carbonyl (C=O) groups is 1. The quantitative estimate of drug-likeness (QED) is 0.617. The van der Waals surface area contributed by atoms with Gasteiger partial charge in [-0.25, -0.2) is 0 Å². The molecular formula is C21H23ClN2OS. The molecule has 0 N–H and O–H groups in total. The molecule has 0 fully saturated rings. The number of nitrogens with zero attached hydrogens (tertiary/aromatic N) is 2. The molecule has 0 unspecified atom stereocenters. The molecule has 0 bridgehead atoms. The zero-order valence-corrected chi connectivity index (χ0v) is 16.7. The molecule has 2 aromatic carbocycles. The van der Waals surface area contributed by atoms with Gasteiger partial charge in [-0.1, -0.05) is 61.5 Å². The molecule has 0 amide bonds. The van der Waals surface area contributed by atoms with Crippen LogP contribution in [-0.2, 0) is 6.42 Å². The van der Waals surface area contributed by atoms with Gasteiger partial charge in [0, 0.05) is 22.0 Å². The van der Waals surface area contributed by atoms with Gasteiger partial charge < -0.3 is 4.90 Å². The SMILES string of the molecule is CCc1ccc(C(=O)CN(C2=N[C@H](CC)CS2)c2ccc(Cl)cc2)cc1. The first-order valence-electron chi connectivity index (χ1n) is 8.96. The lowest BCUT2D eigenvalue weighted by Crippen LogP contribution is -2.33. The lowest BCUT2D eigenvalue weighted by Gasteiger charge is -2.23. The monoisotopic (exact) mass is 386 g/mol. The van der Waals surface area contributed by atoms with Gasteiger partial charge in [-0.05, 0) is 42.7 Å². The average molecular weight is 387 g/mol. The van der Waals surface area contributed by atoms with Crippen LogP contribution in [0.5, 0.6) is 0 Å². The highest BCUT2D eigenvalue weighted by molar-refractivity contribution is 8.14. The third-order valence-electron chi connectivity index (χ3n) is 4.52. The van der Waals surface area contributed by atoms with Crippen molar-refractivity contribution in [1.29, 1.82) is 0 Å². The first kappa shape index (κ1) is 19.0. The molecular weight excluding hydrogens is 364 g/mol. The molecule has 0 saturated heterocycles. The first-order chi connectivity index (χ1) is 12.6. The van der Waals surface area contributed by atoms with E-state index in [1.165, 1.54) is 5.56 Å². The lowest BCUT2D eigenvalue weighted by atomic mass is 10.1. The molecule has 1 heterocycles. The molecule has 0 spiro atoms. The van der Waals surface area contributed by atoms with E-state index in [9.17, 15) is 4.79 Å². The minimum Gasteiger partial charge on any atom is -0.313 e. The number of rotatable bonds is 6. The summed E-state index contributed by atoms with van der Waals surface area (Å²) in [7, 11) is 0. The zero-order valence-electron chi connectivity index (χ0n) is 15.1. The Hall–Kier alpha value is -1.78. The van der Waals surface area contributed by atoms with Crippen molar-refractivity contribution in [3.63, 3.8) is 0 Å². The second kappa shape index (κ2) is 8.74. The van der Waals surface area contributed by atoms with Crippen LogP contribution < -0.4 is 4.90 Å².